The Morgan fingerprint density at radius 2 is 1.96 bits per heavy atom. The van der Waals surface area contributed by atoms with E-state index in [-0.39, 0.29) is 29.1 Å². The van der Waals surface area contributed by atoms with Gasteiger partial charge in [-0.1, -0.05) is 12.1 Å². The van der Waals surface area contributed by atoms with E-state index in [4.69, 9.17) is 0 Å². The number of halogens is 1. The number of fused-ring (bicyclic) bond motifs is 1. The van der Waals surface area contributed by atoms with Crippen molar-refractivity contribution in [2.45, 2.75) is 36.6 Å². The fourth-order valence-corrected chi connectivity index (χ4v) is 5.20. The number of amidine groups is 1. The molecule has 0 aliphatic carbocycles. The minimum atomic E-state index is -3.59. The van der Waals surface area contributed by atoms with Crippen molar-refractivity contribution in [2.24, 2.45) is 10.3 Å². The topological polar surface area (TPSA) is 90.9 Å². The Hall–Kier alpha value is -1.64. The Kier molecular flexibility index (Phi) is 6.08. The molecule has 3 aliphatic rings. The molecule has 0 spiro atoms. The van der Waals surface area contributed by atoms with Crippen molar-refractivity contribution < 1.29 is 13.2 Å². The molecule has 0 radical (unpaired) electrons. The second-order valence-corrected chi connectivity index (χ2v) is 8.76. The van der Waals surface area contributed by atoms with Crippen molar-refractivity contribution in [3.05, 3.63) is 29.8 Å². The first-order valence-electron chi connectivity index (χ1n) is 9.25. The van der Waals surface area contributed by atoms with Crippen LogP contribution in [-0.4, -0.2) is 57.3 Å². The van der Waals surface area contributed by atoms with Gasteiger partial charge in [-0.3, -0.25) is 4.79 Å². The molecule has 4 rings (SSSR count). The molecule has 1 atom stereocenters. The predicted molar refractivity (Wildman–Crippen MR) is 106 cm³/mol. The van der Waals surface area contributed by atoms with Crippen LogP contribution < -0.4 is 10.6 Å². The molecule has 1 aromatic carbocycles. The smallest absolute Gasteiger partial charge is 0.285 e. The maximum absolute atomic E-state index is 12.4. The molecule has 2 fully saturated rings. The summed E-state index contributed by atoms with van der Waals surface area (Å²) < 4.78 is 28.4. The molecule has 0 saturated carbocycles. The van der Waals surface area contributed by atoms with Crippen LogP contribution in [0, 0.1) is 5.92 Å². The van der Waals surface area contributed by atoms with Crippen LogP contribution in [0.25, 0.3) is 0 Å². The van der Waals surface area contributed by atoms with Gasteiger partial charge in [-0.2, -0.15) is 8.42 Å². The highest BCUT2D eigenvalue weighted by Crippen LogP contribution is 2.29. The van der Waals surface area contributed by atoms with E-state index < -0.39 is 10.0 Å². The second-order valence-electron chi connectivity index (χ2n) is 7.19. The summed E-state index contributed by atoms with van der Waals surface area (Å²) in [6.45, 7) is 3.01. The lowest BCUT2D eigenvalue weighted by molar-refractivity contribution is -0.126. The van der Waals surface area contributed by atoms with Crippen molar-refractivity contribution in [3.8, 4) is 0 Å². The summed E-state index contributed by atoms with van der Waals surface area (Å²) in [6, 6.07) is 7.33. The molecule has 3 aliphatic heterocycles. The van der Waals surface area contributed by atoms with Gasteiger partial charge in [0.15, 0.2) is 5.84 Å². The average Bonchev–Trinajstić information content (AvgIpc) is 3.26. The van der Waals surface area contributed by atoms with Gasteiger partial charge in [0.25, 0.3) is 10.0 Å². The van der Waals surface area contributed by atoms with Crippen LogP contribution in [0.1, 0.15) is 31.2 Å². The van der Waals surface area contributed by atoms with Crippen molar-refractivity contribution >= 4 is 34.2 Å². The number of carbonyl (C=O) groups is 1. The van der Waals surface area contributed by atoms with Crippen LogP contribution in [0.2, 0.25) is 0 Å². The molecular weight excluding hydrogens is 388 g/mol. The van der Waals surface area contributed by atoms with Gasteiger partial charge >= 0.3 is 0 Å². The number of hydrogen-bond donors (Lipinski definition) is 2. The number of hydrogen-bond acceptors (Lipinski definition) is 5. The number of carbonyl (C=O) groups excluding carboxylic acids is 1. The Labute approximate surface area is 166 Å². The van der Waals surface area contributed by atoms with Crippen LogP contribution in [0.3, 0.4) is 0 Å². The zero-order valence-corrected chi connectivity index (χ0v) is 16.7. The highest BCUT2D eigenvalue weighted by molar-refractivity contribution is 7.90. The number of rotatable bonds is 3. The van der Waals surface area contributed by atoms with E-state index in [1.165, 1.54) is 6.42 Å². The molecule has 2 saturated heterocycles. The second kappa shape index (κ2) is 8.16. The lowest BCUT2D eigenvalue weighted by atomic mass is 9.95. The van der Waals surface area contributed by atoms with E-state index in [1.54, 1.807) is 18.2 Å². The van der Waals surface area contributed by atoms with Crippen molar-refractivity contribution in [1.82, 2.24) is 15.5 Å². The molecule has 0 aromatic heterocycles. The quantitative estimate of drug-likeness (QED) is 0.776. The monoisotopic (exact) mass is 412 g/mol. The SMILES string of the molecule is Cl.O=C(NCC1CCCN1)C1CCN(C2=NS(=O)(=O)c3ccccc32)CC1. The van der Waals surface area contributed by atoms with Crippen LogP contribution in [0.15, 0.2) is 33.6 Å². The van der Waals surface area contributed by atoms with Gasteiger partial charge in [-0.15, -0.1) is 16.8 Å². The number of amides is 1. The van der Waals surface area contributed by atoms with Gasteiger partial charge in [0.1, 0.15) is 4.90 Å². The highest BCUT2D eigenvalue weighted by atomic mass is 35.5. The highest BCUT2D eigenvalue weighted by Gasteiger charge is 2.34. The summed E-state index contributed by atoms with van der Waals surface area (Å²) in [4.78, 5) is 14.7. The normalized spacial score (nSPS) is 24.1. The first-order chi connectivity index (χ1) is 12.5. The first kappa shape index (κ1) is 20.1. The van der Waals surface area contributed by atoms with E-state index in [1.807, 2.05) is 11.0 Å². The van der Waals surface area contributed by atoms with Crippen LogP contribution in [0.4, 0.5) is 0 Å². The number of piperidine rings is 1. The Morgan fingerprint density at radius 3 is 2.67 bits per heavy atom. The third-order valence-corrected chi connectivity index (χ3v) is 6.79. The third kappa shape index (κ3) is 4.12. The summed E-state index contributed by atoms with van der Waals surface area (Å²) in [5, 5.41) is 6.44. The van der Waals surface area contributed by atoms with Crippen LogP contribution >= 0.6 is 12.4 Å². The largest absolute Gasteiger partial charge is 0.355 e. The average molecular weight is 413 g/mol. The van der Waals surface area contributed by atoms with E-state index in [0.29, 0.717) is 49.9 Å². The number of nitrogens with zero attached hydrogens (tertiary/aromatic N) is 2. The summed E-state index contributed by atoms with van der Waals surface area (Å²) in [5.74, 6) is 0.621. The molecular formula is C18H25ClN4O3S. The van der Waals surface area contributed by atoms with Gasteiger partial charge < -0.3 is 15.5 Å². The van der Waals surface area contributed by atoms with E-state index >= 15 is 0 Å². The van der Waals surface area contributed by atoms with Gasteiger partial charge in [-0.25, -0.2) is 0 Å². The minimum absolute atomic E-state index is 0. The van der Waals surface area contributed by atoms with Crippen molar-refractivity contribution in [2.75, 3.05) is 26.2 Å². The molecule has 0 bridgehead atoms. The van der Waals surface area contributed by atoms with Crippen molar-refractivity contribution in [3.63, 3.8) is 0 Å². The molecule has 27 heavy (non-hydrogen) atoms. The van der Waals surface area contributed by atoms with E-state index in [0.717, 1.165) is 13.0 Å². The summed E-state index contributed by atoms with van der Waals surface area (Å²) in [6.07, 6.45) is 3.72. The minimum Gasteiger partial charge on any atom is -0.355 e. The zero-order valence-electron chi connectivity index (χ0n) is 15.1. The number of nitrogens with one attached hydrogen (secondary N) is 2. The summed E-state index contributed by atoms with van der Waals surface area (Å²) in [5.41, 5.74) is 0.669. The molecule has 1 aromatic rings. The fourth-order valence-electron chi connectivity index (χ4n) is 3.97. The standard InChI is InChI=1S/C18H24N4O3S.ClH/c23-18(20-12-14-4-3-9-19-14)13-7-10-22(11-8-13)17-15-5-1-2-6-16(15)26(24,25)21-17;/h1-2,5-6,13-14,19H,3-4,7-12H2,(H,20,23);1H. The maximum atomic E-state index is 12.4. The lowest BCUT2D eigenvalue weighted by Gasteiger charge is -2.32. The molecule has 2 N–H and O–H groups in total. The Morgan fingerprint density at radius 1 is 1.22 bits per heavy atom. The van der Waals surface area contributed by atoms with E-state index in [2.05, 4.69) is 15.0 Å². The van der Waals surface area contributed by atoms with Crippen LogP contribution in [-0.2, 0) is 14.8 Å². The zero-order chi connectivity index (χ0) is 18.1. The van der Waals surface area contributed by atoms with Gasteiger partial charge in [0, 0.05) is 37.2 Å². The van der Waals surface area contributed by atoms with Gasteiger partial charge in [0.05, 0.1) is 0 Å². The molecule has 7 nitrogen and oxygen atoms in total. The lowest BCUT2D eigenvalue weighted by Crippen LogP contribution is -2.45. The maximum Gasteiger partial charge on any atom is 0.285 e. The van der Waals surface area contributed by atoms with E-state index in [9.17, 15) is 13.2 Å². The van der Waals surface area contributed by atoms with Crippen LogP contribution in [0.5, 0.6) is 0 Å². The third-order valence-electron chi connectivity index (χ3n) is 5.46. The van der Waals surface area contributed by atoms with Crippen molar-refractivity contribution in [1.29, 1.82) is 0 Å². The molecule has 1 amide bonds. The number of sulfonamides is 1. The molecule has 1 unspecified atom stereocenters. The van der Waals surface area contributed by atoms with Gasteiger partial charge in [0.2, 0.25) is 5.91 Å². The fraction of sp³-hybridized carbons (Fsp3) is 0.556. The Balaban J connectivity index is 0.00000210. The molecule has 3 heterocycles. The molecule has 148 valence electrons. The first-order valence-corrected chi connectivity index (χ1v) is 10.7. The Bertz CT molecular complexity index is 829. The van der Waals surface area contributed by atoms with Gasteiger partial charge in [-0.05, 0) is 44.4 Å². The number of benzene rings is 1. The predicted octanol–water partition coefficient (Wildman–Crippen LogP) is 1.14. The molecule has 9 heteroatoms. The summed E-state index contributed by atoms with van der Waals surface area (Å²) in [7, 11) is -3.59. The number of likely N-dealkylation sites (tertiary alicyclic amines) is 1. The summed E-state index contributed by atoms with van der Waals surface area (Å²) >= 11 is 0.